The van der Waals surface area contributed by atoms with E-state index in [0.29, 0.717) is 22.0 Å². The molecule has 0 unspecified atom stereocenters. The maximum atomic E-state index is 13.9. The molecule has 33 heavy (non-hydrogen) atoms. The van der Waals surface area contributed by atoms with Gasteiger partial charge >= 0.3 is 0 Å². The summed E-state index contributed by atoms with van der Waals surface area (Å²) in [5.41, 5.74) is 1.88. The van der Waals surface area contributed by atoms with Crippen LogP contribution >= 0.6 is 11.6 Å². The quantitative estimate of drug-likeness (QED) is 0.462. The van der Waals surface area contributed by atoms with Crippen LogP contribution in [0.4, 0.5) is 15.8 Å². The van der Waals surface area contributed by atoms with Crippen LogP contribution < -0.4 is 10.2 Å². The number of nitrogens with zero attached hydrogens (tertiary/aromatic N) is 4. The molecule has 1 aliphatic carbocycles. The number of amides is 2. The Labute approximate surface area is 193 Å². The van der Waals surface area contributed by atoms with Crippen molar-refractivity contribution in [1.29, 1.82) is 0 Å². The summed E-state index contributed by atoms with van der Waals surface area (Å²) in [6.45, 7) is 0. The van der Waals surface area contributed by atoms with E-state index in [0.717, 1.165) is 11.3 Å². The molecule has 2 aromatic heterocycles. The Kier molecular flexibility index (Phi) is 5.09. The van der Waals surface area contributed by atoms with Crippen molar-refractivity contribution in [3.63, 3.8) is 0 Å². The van der Waals surface area contributed by atoms with Crippen LogP contribution in [-0.4, -0.2) is 38.9 Å². The predicted molar refractivity (Wildman–Crippen MR) is 124 cm³/mol. The van der Waals surface area contributed by atoms with Gasteiger partial charge in [-0.1, -0.05) is 23.7 Å². The first-order chi connectivity index (χ1) is 15.8. The molecular formula is C24H19ClFN5O2. The number of benzene rings is 2. The highest BCUT2D eigenvalue weighted by Gasteiger charge is 2.50. The van der Waals surface area contributed by atoms with Gasteiger partial charge in [-0.15, -0.1) is 0 Å². The van der Waals surface area contributed by atoms with E-state index in [1.807, 2.05) is 0 Å². The van der Waals surface area contributed by atoms with Crippen LogP contribution in [-0.2, 0) is 4.79 Å². The molecule has 9 heteroatoms. The molecule has 2 aromatic carbocycles. The van der Waals surface area contributed by atoms with E-state index in [1.165, 1.54) is 11.1 Å². The minimum absolute atomic E-state index is 0.251. The standard InChI is InChI=1S/C24H19ClFN5O2/c1-30(18-8-4-16(25)5-9-18)22(32)19-14-31-20(12-28-21(31)13-27-19)15-2-6-17(7-3-15)29-23(33)24(26)10-11-24/h2-9,12-14H,10-11H2,1H3,(H,29,33). The fraction of sp³-hybridized carbons (Fsp3) is 0.167. The minimum Gasteiger partial charge on any atom is -0.323 e. The molecule has 4 aromatic rings. The first-order valence-electron chi connectivity index (χ1n) is 10.3. The average Bonchev–Trinajstić information content (AvgIpc) is 3.45. The fourth-order valence-corrected chi connectivity index (χ4v) is 3.60. The second-order valence-electron chi connectivity index (χ2n) is 7.98. The Morgan fingerprint density at radius 2 is 1.76 bits per heavy atom. The topological polar surface area (TPSA) is 79.6 Å². The van der Waals surface area contributed by atoms with Crippen LogP contribution in [0.3, 0.4) is 0 Å². The zero-order valence-electron chi connectivity index (χ0n) is 17.6. The van der Waals surface area contributed by atoms with E-state index >= 15 is 0 Å². The van der Waals surface area contributed by atoms with Crippen LogP contribution in [0.25, 0.3) is 16.9 Å². The van der Waals surface area contributed by atoms with Gasteiger partial charge in [0.2, 0.25) is 0 Å². The number of rotatable bonds is 5. The van der Waals surface area contributed by atoms with Gasteiger partial charge in [0.1, 0.15) is 5.69 Å². The number of imidazole rings is 1. The first-order valence-corrected chi connectivity index (χ1v) is 10.7. The maximum Gasteiger partial charge on any atom is 0.278 e. The van der Waals surface area contributed by atoms with Gasteiger partial charge in [-0.25, -0.2) is 14.4 Å². The van der Waals surface area contributed by atoms with E-state index in [-0.39, 0.29) is 24.4 Å². The lowest BCUT2D eigenvalue weighted by Gasteiger charge is -2.17. The molecule has 2 amide bonds. The monoisotopic (exact) mass is 463 g/mol. The van der Waals surface area contributed by atoms with Gasteiger partial charge in [-0.2, -0.15) is 0 Å². The highest BCUT2D eigenvalue weighted by atomic mass is 35.5. The van der Waals surface area contributed by atoms with Gasteiger partial charge in [-0.05, 0) is 49.2 Å². The van der Waals surface area contributed by atoms with E-state index in [1.54, 1.807) is 72.4 Å². The maximum absolute atomic E-state index is 13.9. The number of carbonyl (C=O) groups is 2. The van der Waals surface area contributed by atoms with Gasteiger partial charge in [0.15, 0.2) is 11.3 Å². The smallest absolute Gasteiger partial charge is 0.278 e. The number of alkyl halides is 1. The average molecular weight is 464 g/mol. The first kappa shape index (κ1) is 21.1. The molecule has 166 valence electrons. The van der Waals surface area contributed by atoms with Crippen molar-refractivity contribution in [2.24, 2.45) is 0 Å². The number of nitrogens with one attached hydrogen (secondary N) is 1. The molecule has 1 aliphatic rings. The van der Waals surface area contributed by atoms with Crippen LogP contribution in [0.15, 0.2) is 67.1 Å². The summed E-state index contributed by atoms with van der Waals surface area (Å²) in [5, 5.41) is 3.19. The zero-order chi connectivity index (χ0) is 23.2. The van der Waals surface area contributed by atoms with Gasteiger partial charge in [0.25, 0.3) is 11.8 Å². The Bertz CT molecular complexity index is 1360. The molecule has 0 spiro atoms. The summed E-state index contributed by atoms with van der Waals surface area (Å²) < 4.78 is 15.7. The molecule has 0 aliphatic heterocycles. The molecule has 0 radical (unpaired) electrons. The third-order valence-corrected chi connectivity index (χ3v) is 5.92. The molecule has 0 atom stereocenters. The van der Waals surface area contributed by atoms with Crippen LogP contribution in [0.2, 0.25) is 5.02 Å². The summed E-state index contributed by atoms with van der Waals surface area (Å²) in [7, 11) is 1.67. The number of halogens is 2. The van der Waals surface area contributed by atoms with Crippen LogP contribution in [0.1, 0.15) is 23.3 Å². The van der Waals surface area contributed by atoms with Gasteiger partial charge < -0.3 is 10.2 Å². The number of hydrogen-bond donors (Lipinski definition) is 1. The minimum atomic E-state index is -1.73. The van der Waals surface area contributed by atoms with Crippen molar-refractivity contribution in [2.45, 2.75) is 18.5 Å². The number of anilines is 2. The van der Waals surface area contributed by atoms with Gasteiger partial charge in [0, 0.05) is 35.2 Å². The van der Waals surface area contributed by atoms with E-state index in [4.69, 9.17) is 11.6 Å². The molecule has 1 fully saturated rings. The lowest BCUT2D eigenvalue weighted by atomic mass is 10.1. The Morgan fingerprint density at radius 3 is 2.42 bits per heavy atom. The third kappa shape index (κ3) is 4.05. The van der Waals surface area contributed by atoms with Crippen molar-refractivity contribution in [3.05, 3.63) is 77.8 Å². The highest BCUT2D eigenvalue weighted by Crippen LogP contribution is 2.40. The number of aromatic nitrogens is 3. The molecule has 2 heterocycles. The second-order valence-corrected chi connectivity index (χ2v) is 8.42. The number of fused-ring (bicyclic) bond motifs is 1. The predicted octanol–water partition coefficient (Wildman–Crippen LogP) is 4.77. The molecule has 0 bridgehead atoms. The van der Waals surface area contributed by atoms with Crippen molar-refractivity contribution in [2.75, 3.05) is 17.3 Å². The molecule has 7 nitrogen and oxygen atoms in total. The second kappa shape index (κ2) is 7.97. The number of hydrogen-bond acceptors (Lipinski definition) is 4. The van der Waals surface area contributed by atoms with E-state index in [2.05, 4.69) is 15.3 Å². The molecule has 1 N–H and O–H groups in total. The Balaban J connectivity index is 1.40. The normalized spacial score (nSPS) is 14.2. The Hall–Kier alpha value is -3.78. The molecule has 1 saturated carbocycles. The Morgan fingerprint density at radius 1 is 1.06 bits per heavy atom. The highest BCUT2D eigenvalue weighted by molar-refractivity contribution is 6.30. The number of carbonyl (C=O) groups excluding carboxylic acids is 2. The zero-order valence-corrected chi connectivity index (χ0v) is 18.4. The molecule has 0 saturated heterocycles. The largest absolute Gasteiger partial charge is 0.323 e. The van der Waals surface area contributed by atoms with Crippen LogP contribution in [0.5, 0.6) is 0 Å². The van der Waals surface area contributed by atoms with Crippen molar-refractivity contribution < 1.29 is 14.0 Å². The van der Waals surface area contributed by atoms with Gasteiger partial charge in [0.05, 0.1) is 18.1 Å². The summed E-state index contributed by atoms with van der Waals surface area (Å²) in [6, 6.07) is 14.0. The SMILES string of the molecule is CN(C(=O)c1cn2c(-c3ccc(NC(=O)C4(F)CC4)cc3)cnc2cn1)c1ccc(Cl)cc1. The van der Waals surface area contributed by atoms with E-state index in [9.17, 15) is 14.0 Å². The lowest BCUT2D eigenvalue weighted by molar-refractivity contribution is -0.122. The third-order valence-electron chi connectivity index (χ3n) is 5.67. The molecular weight excluding hydrogens is 445 g/mol. The summed E-state index contributed by atoms with van der Waals surface area (Å²) in [6.07, 6.45) is 5.39. The van der Waals surface area contributed by atoms with Gasteiger partial charge in [-0.3, -0.25) is 14.0 Å². The van der Waals surface area contributed by atoms with Crippen LogP contribution in [0, 0.1) is 0 Å². The summed E-state index contributed by atoms with van der Waals surface area (Å²) >= 11 is 5.94. The summed E-state index contributed by atoms with van der Waals surface area (Å²) in [4.78, 5) is 35.0. The van der Waals surface area contributed by atoms with Crippen molar-refractivity contribution >= 4 is 40.4 Å². The van der Waals surface area contributed by atoms with Crippen molar-refractivity contribution in [3.8, 4) is 11.3 Å². The lowest BCUT2D eigenvalue weighted by Crippen LogP contribution is -2.27. The summed E-state index contributed by atoms with van der Waals surface area (Å²) in [5.74, 6) is -0.888. The molecule has 5 rings (SSSR count). The van der Waals surface area contributed by atoms with Crippen molar-refractivity contribution in [1.82, 2.24) is 14.4 Å². The van der Waals surface area contributed by atoms with E-state index < -0.39 is 11.6 Å². The fourth-order valence-electron chi connectivity index (χ4n) is 3.47.